The Hall–Kier alpha value is -3.45. The second-order valence-electron chi connectivity index (χ2n) is 8.35. The van der Waals surface area contributed by atoms with Crippen LogP contribution in [0.3, 0.4) is 0 Å². The van der Waals surface area contributed by atoms with Crippen molar-refractivity contribution in [1.82, 2.24) is 24.5 Å². The minimum absolute atomic E-state index is 0.0453. The number of nitrogens with one attached hydrogen (secondary N) is 3. The highest BCUT2D eigenvalue weighted by atomic mass is 35.5. The molecule has 0 aliphatic carbocycles. The van der Waals surface area contributed by atoms with Crippen LogP contribution in [0.1, 0.15) is 10.4 Å². The monoisotopic (exact) mass is 545 g/mol. The van der Waals surface area contributed by atoms with Crippen molar-refractivity contribution in [3.63, 3.8) is 0 Å². The first-order valence-corrected chi connectivity index (χ1v) is 13.3. The SMILES string of the molecule is CNS(=O)(=O)c1ccccc1Nc1nc(Nc2ccc(C(=O)N3CCN(C)CC3)cc2OC)ncc1Cl. The number of nitrogens with zero attached hydrogens (tertiary/aromatic N) is 4. The van der Waals surface area contributed by atoms with Gasteiger partial charge in [0.05, 0.1) is 24.7 Å². The van der Waals surface area contributed by atoms with E-state index in [2.05, 4.69) is 30.2 Å². The molecule has 0 spiro atoms. The molecule has 0 bridgehead atoms. The highest BCUT2D eigenvalue weighted by Gasteiger charge is 2.22. The lowest BCUT2D eigenvalue weighted by atomic mass is 10.1. The van der Waals surface area contributed by atoms with Crippen molar-refractivity contribution in [3.8, 4) is 5.75 Å². The molecule has 13 heteroatoms. The summed E-state index contributed by atoms with van der Waals surface area (Å²) in [4.78, 5) is 25.6. The van der Waals surface area contributed by atoms with Crippen LogP contribution in [-0.4, -0.2) is 81.5 Å². The molecule has 1 fully saturated rings. The maximum Gasteiger partial charge on any atom is 0.254 e. The largest absolute Gasteiger partial charge is 0.495 e. The minimum Gasteiger partial charge on any atom is -0.495 e. The topological polar surface area (TPSA) is 129 Å². The van der Waals surface area contributed by atoms with Gasteiger partial charge in [-0.15, -0.1) is 0 Å². The summed E-state index contributed by atoms with van der Waals surface area (Å²) in [6.45, 7) is 3.01. The van der Waals surface area contributed by atoms with E-state index in [1.165, 1.54) is 26.4 Å². The summed E-state index contributed by atoms with van der Waals surface area (Å²) in [6, 6.07) is 11.5. The van der Waals surface area contributed by atoms with E-state index in [1.54, 1.807) is 36.4 Å². The fourth-order valence-corrected chi connectivity index (χ4v) is 4.82. The Morgan fingerprint density at radius 2 is 1.78 bits per heavy atom. The molecule has 2 heterocycles. The number of amides is 1. The smallest absolute Gasteiger partial charge is 0.254 e. The van der Waals surface area contributed by atoms with Crippen LogP contribution in [0.25, 0.3) is 0 Å². The van der Waals surface area contributed by atoms with Crippen LogP contribution in [0.4, 0.5) is 23.1 Å². The summed E-state index contributed by atoms with van der Waals surface area (Å²) in [5.74, 6) is 0.789. The summed E-state index contributed by atoms with van der Waals surface area (Å²) < 4.78 is 32.6. The molecular weight excluding hydrogens is 518 g/mol. The van der Waals surface area contributed by atoms with Crippen molar-refractivity contribution < 1.29 is 17.9 Å². The number of sulfonamides is 1. The van der Waals surface area contributed by atoms with Gasteiger partial charge in [0, 0.05) is 31.7 Å². The summed E-state index contributed by atoms with van der Waals surface area (Å²) in [5, 5.41) is 6.25. The summed E-state index contributed by atoms with van der Waals surface area (Å²) in [7, 11) is 1.17. The molecule has 3 aromatic rings. The molecule has 1 saturated heterocycles. The van der Waals surface area contributed by atoms with E-state index in [0.29, 0.717) is 35.8 Å². The number of likely N-dealkylation sites (N-methyl/N-ethyl adjacent to an activating group) is 1. The third-order valence-electron chi connectivity index (χ3n) is 5.93. The van der Waals surface area contributed by atoms with Crippen molar-refractivity contribution in [2.24, 2.45) is 0 Å². The van der Waals surface area contributed by atoms with Gasteiger partial charge in [-0.3, -0.25) is 4.79 Å². The molecule has 37 heavy (non-hydrogen) atoms. The number of aromatic nitrogens is 2. The zero-order valence-corrected chi connectivity index (χ0v) is 22.2. The van der Waals surface area contributed by atoms with E-state index >= 15 is 0 Å². The number of benzene rings is 2. The Kier molecular flexibility index (Phi) is 8.13. The van der Waals surface area contributed by atoms with Crippen LogP contribution >= 0.6 is 11.6 Å². The average molecular weight is 546 g/mol. The first kappa shape index (κ1) is 26.6. The average Bonchev–Trinajstić information content (AvgIpc) is 2.91. The third-order valence-corrected chi connectivity index (χ3v) is 7.68. The first-order valence-electron chi connectivity index (χ1n) is 11.5. The molecule has 2 aromatic carbocycles. The van der Waals surface area contributed by atoms with Gasteiger partial charge in [-0.25, -0.2) is 18.1 Å². The van der Waals surface area contributed by atoms with Crippen LogP contribution in [0.2, 0.25) is 5.02 Å². The number of methoxy groups -OCH3 is 1. The number of halogens is 1. The van der Waals surface area contributed by atoms with Crippen molar-refractivity contribution in [2.45, 2.75) is 4.90 Å². The van der Waals surface area contributed by atoms with Crippen molar-refractivity contribution in [1.29, 1.82) is 0 Å². The standard InChI is InChI=1S/C24H28ClN7O4S/c1-26-37(34,35)21-7-5-4-6-19(21)28-22-17(25)15-27-24(30-22)29-18-9-8-16(14-20(18)36-3)23(33)32-12-10-31(2)11-13-32/h4-9,14-15,26H,10-13H2,1-3H3,(H2,27,28,29,30). The van der Waals surface area contributed by atoms with Crippen LogP contribution in [0.15, 0.2) is 53.6 Å². The minimum atomic E-state index is -3.72. The zero-order valence-electron chi connectivity index (χ0n) is 20.7. The number of ether oxygens (including phenoxy) is 1. The second kappa shape index (κ2) is 11.3. The third kappa shape index (κ3) is 6.10. The number of para-hydroxylation sites is 1. The summed E-state index contributed by atoms with van der Waals surface area (Å²) in [6.07, 6.45) is 1.39. The Bertz CT molecular complexity index is 1400. The van der Waals surface area contributed by atoms with Crippen LogP contribution < -0.4 is 20.1 Å². The molecular formula is C24H28ClN7O4S. The zero-order chi connectivity index (χ0) is 26.6. The summed E-state index contributed by atoms with van der Waals surface area (Å²) in [5.41, 5.74) is 1.37. The normalized spacial score (nSPS) is 14.3. The van der Waals surface area contributed by atoms with Crippen LogP contribution in [0, 0.1) is 0 Å². The molecule has 196 valence electrons. The van der Waals surface area contributed by atoms with Crippen molar-refractivity contribution >= 4 is 50.7 Å². The molecule has 4 rings (SSSR count). The van der Waals surface area contributed by atoms with E-state index in [9.17, 15) is 13.2 Å². The van der Waals surface area contributed by atoms with Gasteiger partial charge in [-0.05, 0) is 44.4 Å². The van der Waals surface area contributed by atoms with Gasteiger partial charge < -0.3 is 25.2 Å². The maximum atomic E-state index is 13.0. The molecule has 0 radical (unpaired) electrons. The molecule has 0 saturated carbocycles. The van der Waals surface area contributed by atoms with E-state index in [0.717, 1.165) is 13.1 Å². The van der Waals surface area contributed by atoms with E-state index in [1.807, 2.05) is 11.9 Å². The summed E-state index contributed by atoms with van der Waals surface area (Å²) >= 11 is 6.30. The quantitative estimate of drug-likeness (QED) is 0.391. The van der Waals surface area contributed by atoms with Gasteiger partial charge in [0.15, 0.2) is 5.82 Å². The number of carbonyl (C=O) groups is 1. The number of hydrogen-bond donors (Lipinski definition) is 3. The van der Waals surface area contributed by atoms with Crippen LogP contribution in [-0.2, 0) is 10.0 Å². The van der Waals surface area contributed by atoms with Gasteiger partial charge in [0.25, 0.3) is 5.91 Å². The molecule has 0 atom stereocenters. The van der Waals surface area contributed by atoms with E-state index in [-0.39, 0.29) is 27.6 Å². The van der Waals surface area contributed by atoms with Gasteiger partial charge in [-0.1, -0.05) is 23.7 Å². The van der Waals surface area contributed by atoms with Gasteiger partial charge in [-0.2, -0.15) is 4.98 Å². The number of piperazine rings is 1. The van der Waals surface area contributed by atoms with E-state index in [4.69, 9.17) is 16.3 Å². The van der Waals surface area contributed by atoms with Gasteiger partial charge in [0.2, 0.25) is 16.0 Å². The number of rotatable bonds is 8. The Balaban J connectivity index is 1.56. The number of anilines is 4. The lowest BCUT2D eigenvalue weighted by molar-refractivity contribution is 0.0664. The van der Waals surface area contributed by atoms with Gasteiger partial charge in [0.1, 0.15) is 15.7 Å². The van der Waals surface area contributed by atoms with Crippen molar-refractivity contribution in [2.75, 3.05) is 58.0 Å². The Morgan fingerprint density at radius 3 is 2.49 bits per heavy atom. The first-order chi connectivity index (χ1) is 17.7. The van der Waals surface area contributed by atoms with Gasteiger partial charge >= 0.3 is 0 Å². The van der Waals surface area contributed by atoms with E-state index < -0.39 is 10.0 Å². The molecule has 1 aliphatic rings. The molecule has 1 amide bonds. The Morgan fingerprint density at radius 1 is 1.05 bits per heavy atom. The van der Waals surface area contributed by atoms with Crippen LogP contribution in [0.5, 0.6) is 5.75 Å². The highest BCUT2D eigenvalue weighted by Crippen LogP contribution is 2.31. The predicted molar refractivity (Wildman–Crippen MR) is 143 cm³/mol. The maximum absolute atomic E-state index is 13.0. The van der Waals surface area contributed by atoms with Crippen molar-refractivity contribution in [3.05, 3.63) is 59.2 Å². The fraction of sp³-hybridized carbons (Fsp3) is 0.292. The number of carbonyl (C=O) groups excluding carboxylic acids is 1. The molecule has 1 aromatic heterocycles. The highest BCUT2D eigenvalue weighted by molar-refractivity contribution is 7.89. The molecule has 3 N–H and O–H groups in total. The lowest BCUT2D eigenvalue weighted by Gasteiger charge is -2.32. The second-order valence-corrected chi connectivity index (χ2v) is 10.6. The fourth-order valence-electron chi connectivity index (χ4n) is 3.80. The molecule has 0 unspecified atom stereocenters. The molecule has 1 aliphatic heterocycles. The number of hydrogen-bond acceptors (Lipinski definition) is 9. The Labute approximate surface area is 220 Å². The predicted octanol–water partition coefficient (Wildman–Crippen LogP) is 2.92. The lowest BCUT2D eigenvalue weighted by Crippen LogP contribution is -2.47. The molecule has 11 nitrogen and oxygen atoms in total.